The summed E-state index contributed by atoms with van der Waals surface area (Å²) < 4.78 is 33.7. The Morgan fingerprint density at radius 2 is 2.09 bits per heavy atom. The first-order valence-corrected chi connectivity index (χ1v) is 9.14. The number of ether oxygens (including phenoxy) is 2. The normalized spacial score (nSPS) is 11.2. The van der Waals surface area contributed by atoms with Gasteiger partial charge in [0, 0.05) is 0 Å². The first-order chi connectivity index (χ1) is 10.3. The number of carbonyl (C=O) groups excluding carboxylic acids is 1. The van der Waals surface area contributed by atoms with Crippen LogP contribution in [0.5, 0.6) is 5.75 Å². The van der Waals surface area contributed by atoms with Gasteiger partial charge in [0.1, 0.15) is 22.1 Å². The molecule has 118 valence electrons. The van der Waals surface area contributed by atoms with Crippen LogP contribution in [0.1, 0.15) is 15.2 Å². The molecule has 2 rings (SSSR count). The second kappa shape index (κ2) is 6.78. The molecule has 0 atom stereocenters. The largest absolute Gasteiger partial charge is 0.496 e. The van der Waals surface area contributed by atoms with E-state index in [0.717, 1.165) is 21.4 Å². The molecule has 0 saturated heterocycles. The molecule has 0 saturated carbocycles. The second-order valence-electron chi connectivity index (χ2n) is 4.20. The summed E-state index contributed by atoms with van der Waals surface area (Å²) in [4.78, 5) is 11.7. The molecular formula is C13H12BrNO5S2. The van der Waals surface area contributed by atoms with Crippen molar-refractivity contribution in [3.8, 4) is 5.75 Å². The van der Waals surface area contributed by atoms with E-state index < -0.39 is 16.0 Å². The van der Waals surface area contributed by atoms with Crippen LogP contribution in [0.2, 0.25) is 0 Å². The number of nitrogens with two attached hydrogens (primary N) is 1. The lowest BCUT2D eigenvalue weighted by Crippen LogP contribution is -2.15. The maximum Gasteiger partial charge on any atom is 0.350 e. The van der Waals surface area contributed by atoms with Gasteiger partial charge in [0.25, 0.3) is 0 Å². The van der Waals surface area contributed by atoms with Gasteiger partial charge in [-0.25, -0.2) is 18.4 Å². The van der Waals surface area contributed by atoms with E-state index in [4.69, 9.17) is 14.6 Å². The second-order valence-corrected chi connectivity index (χ2v) is 7.50. The molecule has 0 aliphatic carbocycles. The van der Waals surface area contributed by atoms with E-state index in [2.05, 4.69) is 15.9 Å². The third-order valence-corrected chi connectivity index (χ3v) is 5.30. The van der Waals surface area contributed by atoms with Crippen LogP contribution in [0.3, 0.4) is 0 Å². The monoisotopic (exact) mass is 405 g/mol. The average molecular weight is 406 g/mol. The van der Waals surface area contributed by atoms with Gasteiger partial charge in [0.05, 0.1) is 11.6 Å². The molecule has 1 heterocycles. The fraction of sp³-hybridized carbons (Fsp3) is 0.154. The summed E-state index contributed by atoms with van der Waals surface area (Å²) in [5, 5.41) is 6.52. The van der Waals surface area contributed by atoms with Crippen LogP contribution in [-0.2, 0) is 21.4 Å². The van der Waals surface area contributed by atoms with Gasteiger partial charge in [-0.2, -0.15) is 0 Å². The number of hydrogen-bond donors (Lipinski definition) is 1. The Kier molecular flexibility index (Phi) is 5.22. The van der Waals surface area contributed by atoms with E-state index in [9.17, 15) is 13.2 Å². The van der Waals surface area contributed by atoms with E-state index in [1.165, 1.54) is 11.4 Å². The lowest BCUT2D eigenvalue weighted by Gasteiger charge is -2.07. The lowest BCUT2D eigenvalue weighted by molar-refractivity contribution is 0.0474. The van der Waals surface area contributed by atoms with E-state index in [0.29, 0.717) is 5.75 Å². The number of thiophene rings is 1. The van der Waals surface area contributed by atoms with Gasteiger partial charge >= 0.3 is 5.97 Å². The van der Waals surface area contributed by atoms with Gasteiger partial charge in [0.2, 0.25) is 10.0 Å². The quantitative estimate of drug-likeness (QED) is 0.770. The summed E-state index contributed by atoms with van der Waals surface area (Å²) in [6.45, 7) is 0.00336. The molecule has 0 radical (unpaired) electrons. The summed E-state index contributed by atoms with van der Waals surface area (Å²) in [5.41, 5.74) is 0.731. The van der Waals surface area contributed by atoms with Crippen LogP contribution >= 0.6 is 27.3 Å². The Labute approximate surface area is 140 Å². The molecule has 2 aromatic rings. The van der Waals surface area contributed by atoms with Crippen molar-refractivity contribution in [3.05, 3.63) is 44.6 Å². The van der Waals surface area contributed by atoms with Gasteiger partial charge in [-0.15, -0.1) is 11.3 Å². The maximum absolute atomic E-state index is 12.0. The van der Waals surface area contributed by atoms with E-state index in [1.54, 1.807) is 25.3 Å². The Bertz CT molecular complexity index is 801. The highest BCUT2D eigenvalue weighted by Gasteiger charge is 2.22. The Morgan fingerprint density at radius 1 is 1.36 bits per heavy atom. The van der Waals surface area contributed by atoms with Crippen molar-refractivity contribution in [2.45, 2.75) is 11.5 Å². The van der Waals surface area contributed by atoms with E-state index in [-0.39, 0.29) is 16.4 Å². The molecule has 1 aromatic carbocycles. The number of halogens is 1. The van der Waals surface area contributed by atoms with Crippen LogP contribution < -0.4 is 9.88 Å². The molecule has 0 aliphatic rings. The van der Waals surface area contributed by atoms with Crippen molar-refractivity contribution < 1.29 is 22.7 Å². The Hall–Kier alpha value is -1.42. The van der Waals surface area contributed by atoms with Crippen LogP contribution in [0.4, 0.5) is 0 Å². The highest BCUT2D eigenvalue weighted by atomic mass is 79.9. The molecule has 9 heteroatoms. The minimum absolute atomic E-state index is 0.00336. The van der Waals surface area contributed by atoms with Crippen molar-refractivity contribution in [2.24, 2.45) is 5.14 Å². The number of primary sulfonamides is 1. The van der Waals surface area contributed by atoms with E-state index in [1.807, 2.05) is 0 Å². The van der Waals surface area contributed by atoms with Crippen LogP contribution in [0.15, 0.2) is 39.0 Å². The fourth-order valence-electron chi connectivity index (χ4n) is 1.68. The molecule has 6 nitrogen and oxygen atoms in total. The summed E-state index contributed by atoms with van der Waals surface area (Å²) in [6, 6.07) is 6.50. The van der Waals surface area contributed by atoms with Gasteiger partial charge in [-0.05, 0) is 45.1 Å². The maximum atomic E-state index is 12.0. The van der Waals surface area contributed by atoms with Gasteiger partial charge in [-0.1, -0.05) is 6.07 Å². The van der Waals surface area contributed by atoms with Crippen LogP contribution in [0.25, 0.3) is 0 Å². The number of benzene rings is 1. The molecular weight excluding hydrogens is 394 g/mol. The van der Waals surface area contributed by atoms with Gasteiger partial charge in [0.15, 0.2) is 0 Å². The third kappa shape index (κ3) is 3.86. The molecule has 22 heavy (non-hydrogen) atoms. The summed E-state index contributed by atoms with van der Waals surface area (Å²) in [5.74, 6) is -0.0733. The molecule has 0 bridgehead atoms. The number of hydrogen-bond acceptors (Lipinski definition) is 6. The van der Waals surface area contributed by atoms with E-state index >= 15 is 0 Å². The molecule has 0 amide bonds. The van der Waals surface area contributed by atoms with Crippen LogP contribution in [0, 0.1) is 0 Å². The summed E-state index contributed by atoms with van der Waals surface area (Å²) in [6.07, 6.45) is 0. The predicted octanol–water partition coefficient (Wildman–Crippen LogP) is 2.52. The fourth-order valence-corrected chi connectivity index (χ4v) is 4.13. The predicted molar refractivity (Wildman–Crippen MR) is 85.5 cm³/mol. The zero-order valence-corrected chi connectivity index (χ0v) is 14.6. The number of sulfonamides is 1. The molecule has 0 unspecified atom stereocenters. The lowest BCUT2D eigenvalue weighted by atomic mass is 10.2. The zero-order chi connectivity index (χ0) is 16.3. The first kappa shape index (κ1) is 16.9. The van der Waals surface area contributed by atoms with Crippen molar-refractivity contribution in [1.82, 2.24) is 0 Å². The third-order valence-electron chi connectivity index (χ3n) is 2.71. The first-order valence-electron chi connectivity index (χ1n) is 5.92. The Morgan fingerprint density at radius 3 is 2.68 bits per heavy atom. The average Bonchev–Trinajstić information content (AvgIpc) is 2.94. The Balaban J connectivity index is 2.11. The minimum Gasteiger partial charge on any atom is -0.496 e. The zero-order valence-electron chi connectivity index (χ0n) is 11.4. The van der Waals surface area contributed by atoms with Crippen LogP contribution in [-0.4, -0.2) is 21.5 Å². The highest BCUT2D eigenvalue weighted by molar-refractivity contribution is 9.10. The number of rotatable bonds is 5. The molecule has 0 spiro atoms. The minimum atomic E-state index is -3.95. The smallest absolute Gasteiger partial charge is 0.350 e. The molecule has 0 fully saturated rings. The van der Waals surface area contributed by atoms with Crippen molar-refractivity contribution in [3.63, 3.8) is 0 Å². The van der Waals surface area contributed by atoms with Crippen molar-refractivity contribution in [2.75, 3.05) is 7.11 Å². The summed E-state index contributed by atoms with van der Waals surface area (Å²) >= 11 is 4.30. The van der Waals surface area contributed by atoms with Crippen molar-refractivity contribution in [1.29, 1.82) is 0 Å². The number of methoxy groups -OCH3 is 1. The highest BCUT2D eigenvalue weighted by Crippen LogP contribution is 2.26. The number of carbonyl (C=O) groups is 1. The van der Waals surface area contributed by atoms with Gasteiger partial charge < -0.3 is 9.47 Å². The van der Waals surface area contributed by atoms with Gasteiger partial charge in [-0.3, -0.25) is 0 Å². The topological polar surface area (TPSA) is 95.7 Å². The molecule has 0 aliphatic heterocycles. The summed E-state index contributed by atoms with van der Waals surface area (Å²) in [7, 11) is -2.40. The molecule has 1 aromatic heterocycles. The molecule has 2 N–H and O–H groups in total. The standard InChI is InChI=1S/C13H12BrNO5S2/c1-19-10-3-2-8(6-9(10)14)7-20-13(16)12-11(4-5-21-12)22(15,17)18/h2-6H,7H2,1H3,(H2,15,17,18). The SMILES string of the molecule is COc1ccc(COC(=O)c2sccc2S(N)(=O)=O)cc1Br. The number of esters is 1. The van der Waals surface area contributed by atoms with Crippen molar-refractivity contribution >= 4 is 43.3 Å².